The first-order valence-electron chi connectivity index (χ1n) is 5.29. The fraction of sp³-hybridized carbons (Fsp3) is 0.385. The largest absolute Gasteiger partial charge is 0.493 e. The molecule has 1 N–H and O–H groups in total. The van der Waals surface area contributed by atoms with E-state index in [1.165, 1.54) is 5.56 Å². The monoisotopic (exact) mass is 201 g/mol. The van der Waals surface area contributed by atoms with Crippen LogP contribution in [0.2, 0.25) is 0 Å². The van der Waals surface area contributed by atoms with Gasteiger partial charge in [-0.1, -0.05) is 11.8 Å². The van der Waals surface area contributed by atoms with E-state index in [4.69, 9.17) is 4.74 Å². The third kappa shape index (κ3) is 2.51. The summed E-state index contributed by atoms with van der Waals surface area (Å²) in [6.45, 7) is 1.57. The highest BCUT2D eigenvalue weighted by Crippen LogP contribution is 2.25. The maximum absolute atomic E-state index is 5.54. The van der Waals surface area contributed by atoms with Gasteiger partial charge < -0.3 is 10.1 Å². The summed E-state index contributed by atoms with van der Waals surface area (Å²) >= 11 is 0. The van der Waals surface area contributed by atoms with Crippen LogP contribution >= 0.6 is 0 Å². The molecule has 0 bridgehead atoms. The smallest absolute Gasteiger partial charge is 0.122 e. The Bertz CT molecular complexity index is 401. The van der Waals surface area contributed by atoms with Crippen molar-refractivity contribution in [2.45, 2.75) is 12.8 Å². The molecule has 1 aromatic carbocycles. The first kappa shape index (κ1) is 10.1. The summed E-state index contributed by atoms with van der Waals surface area (Å²) in [4.78, 5) is 0. The normalized spacial score (nSPS) is 13.4. The van der Waals surface area contributed by atoms with Crippen LogP contribution in [0.4, 0.5) is 0 Å². The molecule has 2 nitrogen and oxygen atoms in total. The Hall–Kier alpha value is -1.46. The molecule has 2 rings (SSSR count). The zero-order valence-corrected chi connectivity index (χ0v) is 8.97. The van der Waals surface area contributed by atoms with Gasteiger partial charge in [0.1, 0.15) is 5.75 Å². The Morgan fingerprint density at radius 2 is 2.40 bits per heavy atom. The number of hydrogen-bond donors (Lipinski definition) is 1. The van der Waals surface area contributed by atoms with Gasteiger partial charge in [-0.2, -0.15) is 0 Å². The fourth-order valence-corrected chi connectivity index (χ4v) is 1.67. The van der Waals surface area contributed by atoms with Crippen molar-refractivity contribution in [1.82, 2.24) is 5.32 Å². The van der Waals surface area contributed by atoms with Crippen LogP contribution < -0.4 is 10.1 Å². The van der Waals surface area contributed by atoms with Crippen molar-refractivity contribution in [3.63, 3.8) is 0 Å². The molecule has 0 fully saturated rings. The highest BCUT2D eigenvalue weighted by Gasteiger charge is 2.09. The van der Waals surface area contributed by atoms with E-state index in [9.17, 15) is 0 Å². The predicted molar refractivity (Wildman–Crippen MR) is 61.1 cm³/mol. The Morgan fingerprint density at radius 3 is 3.27 bits per heavy atom. The second-order valence-corrected chi connectivity index (χ2v) is 3.61. The van der Waals surface area contributed by atoms with Crippen molar-refractivity contribution in [2.75, 3.05) is 20.2 Å². The van der Waals surface area contributed by atoms with Crippen LogP contribution in [0.1, 0.15) is 17.5 Å². The van der Waals surface area contributed by atoms with Gasteiger partial charge in [-0.15, -0.1) is 0 Å². The highest BCUT2D eigenvalue weighted by molar-refractivity contribution is 5.45. The number of nitrogens with one attached hydrogen (secondary N) is 1. The summed E-state index contributed by atoms with van der Waals surface area (Å²) in [6.07, 6.45) is 2.22. The van der Waals surface area contributed by atoms with Crippen molar-refractivity contribution in [1.29, 1.82) is 0 Å². The van der Waals surface area contributed by atoms with Crippen molar-refractivity contribution < 1.29 is 4.74 Å². The molecule has 1 heterocycles. The summed E-state index contributed by atoms with van der Waals surface area (Å²) in [7, 11) is 1.90. The number of hydrogen-bond acceptors (Lipinski definition) is 2. The van der Waals surface area contributed by atoms with Crippen LogP contribution in [0.5, 0.6) is 5.75 Å². The molecule has 78 valence electrons. The van der Waals surface area contributed by atoms with Gasteiger partial charge in [0, 0.05) is 5.56 Å². The summed E-state index contributed by atoms with van der Waals surface area (Å²) in [6, 6.07) is 6.18. The quantitative estimate of drug-likeness (QED) is 0.697. The molecule has 0 unspecified atom stereocenters. The zero-order chi connectivity index (χ0) is 10.5. The summed E-state index contributed by atoms with van der Waals surface area (Å²) in [5.74, 6) is 7.21. The van der Waals surface area contributed by atoms with Crippen LogP contribution in [0.3, 0.4) is 0 Å². The van der Waals surface area contributed by atoms with Crippen molar-refractivity contribution in [2.24, 2.45) is 0 Å². The van der Waals surface area contributed by atoms with Crippen LogP contribution in [0.25, 0.3) is 0 Å². The molecule has 0 spiro atoms. The van der Waals surface area contributed by atoms with E-state index in [1.54, 1.807) is 0 Å². The van der Waals surface area contributed by atoms with E-state index < -0.39 is 0 Å². The number of rotatable bonds is 1. The Morgan fingerprint density at radius 1 is 1.47 bits per heavy atom. The van der Waals surface area contributed by atoms with Gasteiger partial charge in [-0.25, -0.2) is 0 Å². The minimum atomic E-state index is 0.730. The second kappa shape index (κ2) is 4.86. The van der Waals surface area contributed by atoms with E-state index in [1.807, 2.05) is 19.2 Å². The SMILES string of the molecule is CNCC#Cc1ccc2c(c1)CCCO2. The highest BCUT2D eigenvalue weighted by atomic mass is 16.5. The fourth-order valence-electron chi connectivity index (χ4n) is 1.67. The molecular weight excluding hydrogens is 186 g/mol. The van der Waals surface area contributed by atoms with Gasteiger partial charge in [0.2, 0.25) is 0 Å². The number of benzene rings is 1. The van der Waals surface area contributed by atoms with E-state index in [0.717, 1.165) is 37.3 Å². The first-order valence-corrected chi connectivity index (χ1v) is 5.29. The van der Waals surface area contributed by atoms with Gasteiger partial charge in [0.05, 0.1) is 13.2 Å². The number of aryl methyl sites for hydroxylation is 1. The van der Waals surface area contributed by atoms with Gasteiger partial charge in [-0.3, -0.25) is 0 Å². The predicted octanol–water partition coefficient (Wildman–Crippen LogP) is 1.58. The van der Waals surface area contributed by atoms with Gasteiger partial charge in [0.15, 0.2) is 0 Å². The molecule has 1 aliphatic rings. The Balaban J connectivity index is 2.18. The van der Waals surface area contributed by atoms with E-state index in [0.29, 0.717) is 0 Å². The van der Waals surface area contributed by atoms with Crippen LogP contribution in [0, 0.1) is 11.8 Å². The topological polar surface area (TPSA) is 21.3 Å². The van der Waals surface area contributed by atoms with E-state index in [-0.39, 0.29) is 0 Å². The number of fused-ring (bicyclic) bond motifs is 1. The third-order valence-electron chi connectivity index (χ3n) is 2.41. The second-order valence-electron chi connectivity index (χ2n) is 3.61. The minimum Gasteiger partial charge on any atom is -0.493 e. The van der Waals surface area contributed by atoms with Crippen molar-refractivity contribution >= 4 is 0 Å². The third-order valence-corrected chi connectivity index (χ3v) is 2.41. The molecule has 0 atom stereocenters. The molecular formula is C13H15NO. The van der Waals surface area contributed by atoms with E-state index in [2.05, 4.69) is 23.2 Å². The minimum absolute atomic E-state index is 0.730. The molecule has 0 radical (unpaired) electrons. The molecule has 0 saturated heterocycles. The molecule has 1 aliphatic heterocycles. The summed E-state index contributed by atoms with van der Waals surface area (Å²) < 4.78 is 5.54. The van der Waals surface area contributed by atoms with Crippen LogP contribution in [-0.2, 0) is 6.42 Å². The molecule has 0 aromatic heterocycles. The zero-order valence-electron chi connectivity index (χ0n) is 8.97. The molecule has 2 heteroatoms. The van der Waals surface area contributed by atoms with Crippen LogP contribution in [0.15, 0.2) is 18.2 Å². The molecule has 15 heavy (non-hydrogen) atoms. The summed E-state index contributed by atoms with van der Waals surface area (Å²) in [5.41, 5.74) is 2.37. The van der Waals surface area contributed by atoms with Gasteiger partial charge in [-0.05, 0) is 43.7 Å². The molecule has 0 saturated carbocycles. The van der Waals surface area contributed by atoms with Crippen molar-refractivity contribution in [3.8, 4) is 17.6 Å². The maximum atomic E-state index is 5.54. The maximum Gasteiger partial charge on any atom is 0.122 e. The first-order chi connectivity index (χ1) is 7.40. The Kier molecular flexibility index (Phi) is 3.26. The lowest BCUT2D eigenvalue weighted by Crippen LogP contribution is -2.08. The van der Waals surface area contributed by atoms with Crippen molar-refractivity contribution in [3.05, 3.63) is 29.3 Å². The van der Waals surface area contributed by atoms with E-state index >= 15 is 0 Å². The molecule has 0 aliphatic carbocycles. The average Bonchev–Trinajstić information content (AvgIpc) is 2.29. The lowest BCUT2D eigenvalue weighted by Gasteiger charge is -2.16. The van der Waals surface area contributed by atoms with Gasteiger partial charge >= 0.3 is 0 Å². The molecule has 1 aromatic rings. The van der Waals surface area contributed by atoms with Gasteiger partial charge in [0.25, 0.3) is 0 Å². The molecule has 0 amide bonds. The van der Waals surface area contributed by atoms with Crippen LogP contribution in [-0.4, -0.2) is 20.2 Å². The standard InChI is InChI=1S/C13H15NO/c1-14-8-2-4-11-6-7-13-12(10-11)5-3-9-15-13/h6-7,10,14H,3,5,8-9H2,1H3. The lowest BCUT2D eigenvalue weighted by atomic mass is 10.0. The Labute approximate surface area is 90.6 Å². The number of ether oxygens (including phenoxy) is 1. The average molecular weight is 201 g/mol. The summed E-state index contributed by atoms with van der Waals surface area (Å²) in [5, 5.41) is 3.00. The lowest BCUT2D eigenvalue weighted by molar-refractivity contribution is 0.288.